The minimum absolute atomic E-state index is 0.494. The summed E-state index contributed by atoms with van der Waals surface area (Å²) < 4.78 is 0. The van der Waals surface area contributed by atoms with Gasteiger partial charge in [-0.3, -0.25) is 0 Å². The van der Waals surface area contributed by atoms with Crippen LogP contribution in [0, 0.1) is 0 Å². The van der Waals surface area contributed by atoms with Crippen molar-refractivity contribution >= 4 is 11.3 Å². The number of likely N-dealkylation sites (N-methyl/N-ethyl adjacent to an activating group) is 1. The fraction of sp³-hybridized carbons (Fsp3) is 0.667. The third-order valence-corrected chi connectivity index (χ3v) is 4.40. The van der Waals surface area contributed by atoms with E-state index in [4.69, 9.17) is 0 Å². The van der Waals surface area contributed by atoms with Gasteiger partial charge in [0.2, 0.25) is 0 Å². The van der Waals surface area contributed by atoms with E-state index in [1.807, 2.05) is 11.3 Å². The molecule has 2 rings (SSSR count). The maximum atomic E-state index is 3.71. The van der Waals surface area contributed by atoms with Crippen molar-refractivity contribution in [3.05, 3.63) is 22.4 Å². The van der Waals surface area contributed by atoms with Crippen LogP contribution >= 0.6 is 11.3 Å². The van der Waals surface area contributed by atoms with E-state index in [0.29, 0.717) is 12.1 Å². The molecule has 1 aromatic heterocycles. The molecule has 84 valence electrons. The summed E-state index contributed by atoms with van der Waals surface area (Å²) in [7, 11) is 2.21. The summed E-state index contributed by atoms with van der Waals surface area (Å²) in [6.45, 7) is 5.74. The summed E-state index contributed by atoms with van der Waals surface area (Å²) in [6.07, 6.45) is 1.27. The van der Waals surface area contributed by atoms with Gasteiger partial charge in [-0.15, -0.1) is 11.3 Å². The van der Waals surface area contributed by atoms with Crippen LogP contribution in [-0.4, -0.2) is 30.6 Å². The summed E-state index contributed by atoms with van der Waals surface area (Å²) >= 11 is 1.84. The van der Waals surface area contributed by atoms with Gasteiger partial charge in [-0.1, -0.05) is 6.07 Å². The van der Waals surface area contributed by atoms with Crippen LogP contribution in [0.2, 0.25) is 0 Å². The molecule has 1 aliphatic rings. The highest BCUT2D eigenvalue weighted by Gasteiger charge is 2.26. The van der Waals surface area contributed by atoms with E-state index in [1.54, 1.807) is 0 Å². The molecule has 3 atom stereocenters. The Labute approximate surface area is 96.3 Å². The predicted octanol–water partition coefficient (Wildman–Crippen LogP) is 2.49. The fourth-order valence-corrected chi connectivity index (χ4v) is 3.03. The van der Waals surface area contributed by atoms with Gasteiger partial charge in [0.15, 0.2) is 0 Å². The lowest BCUT2D eigenvalue weighted by Gasteiger charge is -2.18. The van der Waals surface area contributed by atoms with E-state index in [9.17, 15) is 0 Å². The van der Waals surface area contributed by atoms with E-state index in [0.717, 1.165) is 6.04 Å². The van der Waals surface area contributed by atoms with Crippen LogP contribution in [0.5, 0.6) is 0 Å². The Morgan fingerprint density at radius 3 is 2.93 bits per heavy atom. The second-order valence-corrected chi connectivity index (χ2v) is 5.60. The molecule has 2 unspecified atom stereocenters. The first-order valence-electron chi connectivity index (χ1n) is 5.66. The summed E-state index contributed by atoms with van der Waals surface area (Å²) in [5.74, 6) is 0. The molecule has 0 radical (unpaired) electrons. The average molecular weight is 224 g/mol. The van der Waals surface area contributed by atoms with E-state index in [2.05, 4.69) is 48.6 Å². The number of hydrogen-bond donors (Lipinski definition) is 1. The van der Waals surface area contributed by atoms with Gasteiger partial charge in [-0.05, 0) is 38.8 Å². The molecule has 1 fully saturated rings. The quantitative estimate of drug-likeness (QED) is 0.848. The Kier molecular flexibility index (Phi) is 3.44. The zero-order valence-electron chi connectivity index (χ0n) is 9.73. The lowest BCUT2D eigenvalue weighted by atomic mass is 10.1. The van der Waals surface area contributed by atoms with Crippen LogP contribution in [-0.2, 0) is 0 Å². The molecular formula is C12H20N2S. The Hall–Kier alpha value is -0.380. The molecule has 0 aromatic carbocycles. The van der Waals surface area contributed by atoms with E-state index in [-0.39, 0.29) is 0 Å². The molecule has 2 heterocycles. The van der Waals surface area contributed by atoms with Gasteiger partial charge in [-0.2, -0.15) is 0 Å². The van der Waals surface area contributed by atoms with E-state index in [1.165, 1.54) is 17.8 Å². The van der Waals surface area contributed by atoms with Crippen molar-refractivity contribution in [3.63, 3.8) is 0 Å². The Bertz CT molecular complexity index is 287. The number of thiophene rings is 1. The van der Waals surface area contributed by atoms with Crippen molar-refractivity contribution < 1.29 is 0 Å². The summed E-state index contributed by atoms with van der Waals surface area (Å²) in [5, 5.41) is 5.86. The van der Waals surface area contributed by atoms with Gasteiger partial charge in [0.1, 0.15) is 0 Å². The first-order valence-corrected chi connectivity index (χ1v) is 6.54. The lowest BCUT2D eigenvalue weighted by Crippen LogP contribution is -2.33. The van der Waals surface area contributed by atoms with Crippen LogP contribution in [0.3, 0.4) is 0 Å². The monoisotopic (exact) mass is 224 g/mol. The van der Waals surface area contributed by atoms with Crippen molar-refractivity contribution in [1.82, 2.24) is 10.2 Å². The van der Waals surface area contributed by atoms with Crippen LogP contribution in [0.1, 0.15) is 31.2 Å². The molecule has 0 bridgehead atoms. The number of rotatable bonds is 3. The Morgan fingerprint density at radius 2 is 2.40 bits per heavy atom. The number of nitrogens with one attached hydrogen (secondary N) is 1. The topological polar surface area (TPSA) is 15.3 Å². The molecule has 0 aliphatic carbocycles. The second-order valence-electron chi connectivity index (χ2n) is 4.62. The summed E-state index contributed by atoms with van der Waals surface area (Å²) in [5.41, 5.74) is 0. The summed E-state index contributed by atoms with van der Waals surface area (Å²) in [4.78, 5) is 3.87. The first-order chi connectivity index (χ1) is 7.16. The van der Waals surface area contributed by atoms with Gasteiger partial charge < -0.3 is 10.2 Å². The Morgan fingerprint density at radius 1 is 1.60 bits per heavy atom. The second kappa shape index (κ2) is 4.64. The SMILES string of the molecule is CC1CC(N[C@H](C)c2cccs2)CN1C. The van der Waals surface area contributed by atoms with E-state index >= 15 is 0 Å². The zero-order chi connectivity index (χ0) is 10.8. The molecule has 1 aliphatic heterocycles. The number of nitrogens with zero attached hydrogens (tertiary/aromatic N) is 1. The molecular weight excluding hydrogens is 204 g/mol. The molecule has 3 heteroatoms. The van der Waals surface area contributed by atoms with Crippen molar-refractivity contribution in [2.75, 3.05) is 13.6 Å². The third kappa shape index (κ3) is 2.60. The molecule has 2 nitrogen and oxygen atoms in total. The van der Waals surface area contributed by atoms with Crippen molar-refractivity contribution in [1.29, 1.82) is 0 Å². The third-order valence-electron chi connectivity index (χ3n) is 3.34. The van der Waals surface area contributed by atoms with Gasteiger partial charge in [-0.25, -0.2) is 0 Å². The zero-order valence-corrected chi connectivity index (χ0v) is 10.6. The lowest BCUT2D eigenvalue weighted by molar-refractivity contribution is 0.325. The van der Waals surface area contributed by atoms with Crippen LogP contribution < -0.4 is 5.32 Å². The standard InChI is InChI=1S/C12H20N2S/c1-9-7-11(8-14(9)3)13-10(2)12-5-4-6-15-12/h4-6,9-11,13H,7-8H2,1-3H3/t9?,10-,11?/m1/s1. The van der Waals surface area contributed by atoms with Gasteiger partial charge in [0, 0.05) is 29.5 Å². The van der Waals surface area contributed by atoms with Crippen LogP contribution in [0.4, 0.5) is 0 Å². The van der Waals surface area contributed by atoms with Crippen molar-refractivity contribution in [2.24, 2.45) is 0 Å². The van der Waals surface area contributed by atoms with Crippen molar-refractivity contribution in [2.45, 2.75) is 38.4 Å². The molecule has 1 aromatic rings. The molecule has 0 spiro atoms. The minimum Gasteiger partial charge on any atom is -0.305 e. The van der Waals surface area contributed by atoms with Crippen LogP contribution in [0.15, 0.2) is 17.5 Å². The fourth-order valence-electron chi connectivity index (χ4n) is 2.29. The summed E-state index contributed by atoms with van der Waals surface area (Å²) in [6, 6.07) is 6.21. The number of likely N-dealkylation sites (tertiary alicyclic amines) is 1. The maximum Gasteiger partial charge on any atom is 0.0388 e. The van der Waals surface area contributed by atoms with E-state index < -0.39 is 0 Å². The minimum atomic E-state index is 0.494. The predicted molar refractivity (Wildman–Crippen MR) is 66.4 cm³/mol. The van der Waals surface area contributed by atoms with Crippen LogP contribution in [0.25, 0.3) is 0 Å². The first kappa shape index (κ1) is 11.1. The highest BCUT2D eigenvalue weighted by Crippen LogP contribution is 2.22. The number of hydrogen-bond acceptors (Lipinski definition) is 3. The van der Waals surface area contributed by atoms with Gasteiger partial charge in [0.25, 0.3) is 0 Å². The van der Waals surface area contributed by atoms with Crippen molar-refractivity contribution in [3.8, 4) is 0 Å². The van der Waals surface area contributed by atoms with Gasteiger partial charge >= 0.3 is 0 Å². The maximum absolute atomic E-state index is 3.71. The highest BCUT2D eigenvalue weighted by molar-refractivity contribution is 7.10. The average Bonchev–Trinajstić information content (AvgIpc) is 2.77. The molecule has 0 amide bonds. The molecule has 1 N–H and O–H groups in total. The highest BCUT2D eigenvalue weighted by atomic mass is 32.1. The van der Waals surface area contributed by atoms with Gasteiger partial charge in [0.05, 0.1) is 0 Å². The largest absolute Gasteiger partial charge is 0.305 e. The molecule has 0 saturated carbocycles. The smallest absolute Gasteiger partial charge is 0.0388 e. The Balaban J connectivity index is 1.88. The molecule has 1 saturated heterocycles. The normalized spacial score (nSPS) is 29.5. The molecule has 15 heavy (non-hydrogen) atoms.